The van der Waals surface area contributed by atoms with Crippen LogP contribution in [0.25, 0.3) is 0 Å². The molecule has 5 N–H and O–H groups in total. The van der Waals surface area contributed by atoms with E-state index in [-0.39, 0.29) is 40.9 Å². The number of anilines is 2. The number of ether oxygens (including phenoxy) is 3. The van der Waals surface area contributed by atoms with Gasteiger partial charge in [-0.3, -0.25) is 4.79 Å². The fourth-order valence-electron chi connectivity index (χ4n) is 3.63. The van der Waals surface area contributed by atoms with E-state index in [0.29, 0.717) is 17.4 Å². The van der Waals surface area contributed by atoms with Crippen molar-refractivity contribution in [1.82, 2.24) is 9.97 Å². The predicted molar refractivity (Wildman–Crippen MR) is 118 cm³/mol. The number of aliphatic hydroxyl groups is 1. The van der Waals surface area contributed by atoms with E-state index in [1.807, 2.05) is 30.3 Å². The van der Waals surface area contributed by atoms with Gasteiger partial charge in [0.2, 0.25) is 5.95 Å². The highest BCUT2D eigenvalue weighted by Gasteiger charge is 2.51. The van der Waals surface area contributed by atoms with Gasteiger partial charge in [0, 0.05) is 30.9 Å². The molecule has 0 amide bonds. The van der Waals surface area contributed by atoms with Gasteiger partial charge in [0.15, 0.2) is 17.8 Å². The van der Waals surface area contributed by atoms with Crippen molar-refractivity contribution in [1.29, 1.82) is 0 Å². The molecule has 1 aromatic carbocycles. The lowest BCUT2D eigenvalue weighted by molar-refractivity contribution is -0.106. The molecule has 9 nitrogen and oxygen atoms in total. The second kappa shape index (κ2) is 9.51. The maximum absolute atomic E-state index is 12.2. The number of hydrogen-bond donors (Lipinski definition) is 3. The third-order valence-corrected chi connectivity index (χ3v) is 5.23. The molecular formula is C23H24N4O5. The van der Waals surface area contributed by atoms with E-state index >= 15 is 0 Å². The van der Waals surface area contributed by atoms with Crippen LogP contribution in [0.1, 0.15) is 11.1 Å². The molecule has 0 radical (unpaired) electrons. The summed E-state index contributed by atoms with van der Waals surface area (Å²) in [6.07, 6.45) is 0.635. The van der Waals surface area contributed by atoms with E-state index in [2.05, 4.69) is 21.8 Å². The number of aromatic nitrogens is 2. The van der Waals surface area contributed by atoms with E-state index in [9.17, 15) is 9.90 Å². The maximum atomic E-state index is 12.2. The first-order chi connectivity index (χ1) is 15.4. The molecule has 0 spiro atoms. The van der Waals surface area contributed by atoms with E-state index in [1.54, 1.807) is 0 Å². The van der Waals surface area contributed by atoms with Crippen molar-refractivity contribution >= 4 is 18.1 Å². The predicted octanol–water partition coefficient (Wildman–Crippen LogP) is 0.995. The molecule has 9 heteroatoms. The van der Waals surface area contributed by atoms with E-state index < -0.39 is 11.7 Å². The molecule has 1 aliphatic rings. The van der Waals surface area contributed by atoms with Gasteiger partial charge >= 0.3 is 0 Å². The van der Waals surface area contributed by atoms with Crippen LogP contribution in [0.5, 0.6) is 0 Å². The Morgan fingerprint density at radius 1 is 1.16 bits per heavy atom. The summed E-state index contributed by atoms with van der Waals surface area (Å²) < 4.78 is 16.6. The molecule has 1 aromatic heterocycles. The zero-order valence-electron chi connectivity index (χ0n) is 18.0. The summed E-state index contributed by atoms with van der Waals surface area (Å²) in [7, 11) is 4.13. The Hall–Kier alpha value is -3.87. The zero-order chi connectivity index (χ0) is 23.3. The number of methoxy groups -OCH3 is 3. The van der Waals surface area contributed by atoms with Gasteiger partial charge < -0.3 is 30.8 Å². The Balaban J connectivity index is 2.28. The number of rotatable bonds is 6. The number of aliphatic hydroxyl groups excluding tert-OH is 1. The normalized spacial score (nSPS) is 20.4. The number of allylic oxidation sites excluding steroid dienone is 1. The van der Waals surface area contributed by atoms with Gasteiger partial charge in [-0.05, 0) is 12.1 Å². The maximum Gasteiger partial charge on any atom is 0.221 e. The van der Waals surface area contributed by atoms with Gasteiger partial charge in [0.1, 0.15) is 17.5 Å². The van der Waals surface area contributed by atoms with E-state index in [4.69, 9.17) is 25.7 Å². The van der Waals surface area contributed by atoms with Gasteiger partial charge in [-0.1, -0.05) is 30.0 Å². The molecule has 0 aliphatic heterocycles. The second-order valence-electron chi connectivity index (χ2n) is 6.94. The summed E-state index contributed by atoms with van der Waals surface area (Å²) in [6.45, 7) is 0. The van der Waals surface area contributed by atoms with Crippen LogP contribution in [-0.2, 0) is 25.4 Å². The fraction of sp³-hybridized carbons (Fsp3) is 0.261. The number of nitrogens with two attached hydrogens (primary N) is 2. The fourth-order valence-corrected chi connectivity index (χ4v) is 3.63. The molecule has 32 heavy (non-hydrogen) atoms. The van der Waals surface area contributed by atoms with Crippen molar-refractivity contribution in [2.45, 2.75) is 18.1 Å². The number of carbonyl (C=O) groups is 1. The highest BCUT2D eigenvalue weighted by molar-refractivity contribution is 5.85. The van der Waals surface area contributed by atoms with Crippen LogP contribution in [0.15, 0.2) is 59.2 Å². The van der Waals surface area contributed by atoms with Crippen LogP contribution in [0.2, 0.25) is 0 Å². The van der Waals surface area contributed by atoms with Gasteiger partial charge in [-0.25, -0.2) is 4.98 Å². The van der Waals surface area contributed by atoms with Crippen LogP contribution in [-0.4, -0.2) is 54.4 Å². The van der Waals surface area contributed by atoms with Crippen molar-refractivity contribution < 1.29 is 24.1 Å². The molecule has 0 saturated heterocycles. The summed E-state index contributed by atoms with van der Waals surface area (Å²) in [5.41, 5.74) is 11.6. The third kappa shape index (κ3) is 4.01. The van der Waals surface area contributed by atoms with E-state index in [1.165, 1.54) is 27.5 Å². The molecular weight excluding hydrogens is 412 g/mol. The summed E-state index contributed by atoms with van der Waals surface area (Å²) in [6, 6.07) is 9.19. The van der Waals surface area contributed by atoms with Crippen LogP contribution in [0, 0.1) is 11.8 Å². The van der Waals surface area contributed by atoms with Crippen molar-refractivity contribution in [2.24, 2.45) is 0 Å². The van der Waals surface area contributed by atoms with Gasteiger partial charge in [-0.15, -0.1) is 0 Å². The molecule has 2 unspecified atom stereocenters. The quantitative estimate of drug-likeness (QED) is 0.446. The zero-order valence-corrected chi connectivity index (χ0v) is 18.0. The first-order valence-electron chi connectivity index (χ1n) is 9.61. The lowest BCUT2D eigenvalue weighted by atomic mass is 9.75. The number of nitrogens with zero attached hydrogens (tertiary/aromatic N) is 2. The molecule has 1 aliphatic carbocycles. The second-order valence-corrected chi connectivity index (χ2v) is 6.94. The molecule has 0 fully saturated rings. The highest BCUT2D eigenvalue weighted by Crippen LogP contribution is 2.42. The van der Waals surface area contributed by atoms with Crippen LogP contribution < -0.4 is 11.5 Å². The topological polar surface area (TPSA) is 143 Å². The Labute approximate surface area is 185 Å². The third-order valence-electron chi connectivity index (χ3n) is 5.23. The SMILES string of the molecule is COC1=C(OC)C(O)C(Cc2cnc(N)nc2N)(OC)C(C#Cc2ccccc2)=C1C=O. The monoisotopic (exact) mass is 436 g/mol. The smallest absolute Gasteiger partial charge is 0.221 e. The first-order valence-corrected chi connectivity index (χ1v) is 9.61. The Morgan fingerprint density at radius 2 is 1.88 bits per heavy atom. The number of benzene rings is 1. The number of carbonyl (C=O) groups excluding carboxylic acids is 1. The minimum atomic E-state index is -1.54. The largest absolute Gasteiger partial charge is 0.494 e. The molecule has 166 valence electrons. The van der Waals surface area contributed by atoms with Crippen molar-refractivity contribution in [2.75, 3.05) is 32.8 Å². The Bertz CT molecular complexity index is 1130. The summed E-state index contributed by atoms with van der Waals surface area (Å²) in [5, 5.41) is 11.4. The molecule has 0 saturated carbocycles. The average molecular weight is 436 g/mol. The standard InChI is InChI=1S/C23H24N4O5/c1-30-18-16(13-28)17(10-9-14-7-5-4-6-8-14)23(32-3,20(29)19(18)31-2)11-15-12-26-22(25)27-21(15)24/h4-8,12-13,20,29H,11H2,1-3H3,(H4,24,25,26,27). The van der Waals surface area contributed by atoms with Crippen molar-refractivity contribution in [3.63, 3.8) is 0 Å². The van der Waals surface area contributed by atoms with Crippen LogP contribution >= 0.6 is 0 Å². The molecule has 2 aromatic rings. The van der Waals surface area contributed by atoms with Crippen molar-refractivity contribution in [3.05, 3.63) is 70.3 Å². The molecule has 1 heterocycles. The Morgan fingerprint density at radius 3 is 2.44 bits per heavy atom. The van der Waals surface area contributed by atoms with Crippen LogP contribution in [0.3, 0.4) is 0 Å². The Kier molecular flexibility index (Phi) is 6.78. The number of hydrogen-bond acceptors (Lipinski definition) is 9. The lowest BCUT2D eigenvalue weighted by Gasteiger charge is -2.41. The van der Waals surface area contributed by atoms with E-state index in [0.717, 1.165) is 0 Å². The van der Waals surface area contributed by atoms with Crippen molar-refractivity contribution in [3.8, 4) is 11.8 Å². The summed E-state index contributed by atoms with van der Waals surface area (Å²) in [4.78, 5) is 20.1. The molecule has 0 bridgehead atoms. The number of aldehydes is 1. The van der Waals surface area contributed by atoms with Gasteiger partial charge in [-0.2, -0.15) is 4.98 Å². The summed E-state index contributed by atoms with van der Waals surface area (Å²) >= 11 is 0. The minimum absolute atomic E-state index is 0.00858. The highest BCUT2D eigenvalue weighted by atomic mass is 16.5. The van der Waals surface area contributed by atoms with Crippen LogP contribution in [0.4, 0.5) is 11.8 Å². The molecule has 3 rings (SSSR count). The van der Waals surface area contributed by atoms with Gasteiger partial charge in [0.25, 0.3) is 0 Å². The molecule has 2 atom stereocenters. The average Bonchev–Trinajstić information content (AvgIpc) is 2.81. The van der Waals surface area contributed by atoms with Gasteiger partial charge in [0.05, 0.1) is 25.4 Å². The lowest BCUT2D eigenvalue weighted by Crippen LogP contribution is -2.52. The summed E-state index contributed by atoms with van der Waals surface area (Å²) in [5.74, 6) is 6.24. The first kappa shape index (κ1) is 22.8. The minimum Gasteiger partial charge on any atom is -0.494 e. The number of nitrogen functional groups attached to an aromatic ring is 2.